The highest BCUT2D eigenvalue weighted by molar-refractivity contribution is 6.08. The molecule has 0 spiro atoms. The first-order valence-electron chi connectivity index (χ1n) is 12.1. The number of fused-ring (bicyclic) bond motifs is 1. The lowest BCUT2D eigenvalue weighted by Gasteiger charge is -2.33. The fourth-order valence-corrected chi connectivity index (χ4v) is 4.50. The Balaban J connectivity index is 1.55. The third kappa shape index (κ3) is 4.69. The zero-order valence-electron chi connectivity index (χ0n) is 20.5. The Hall–Kier alpha value is -4.12. The van der Waals surface area contributed by atoms with Crippen molar-refractivity contribution in [3.8, 4) is 5.69 Å². The molecule has 1 fully saturated rings. The van der Waals surface area contributed by atoms with Crippen molar-refractivity contribution in [3.05, 3.63) is 76.3 Å². The van der Waals surface area contributed by atoms with Crippen LogP contribution in [0.4, 0.5) is 20.2 Å². The monoisotopic (exact) mass is 507 g/mol. The molecule has 11 heteroatoms. The SMILES string of the molecule is CC(C)n1cc2c(N3CCC(N)CC3)c(NC(=O)c3ccc(=O)n(-c4c(F)cccc4F)n3)ccc2n1. The van der Waals surface area contributed by atoms with Crippen LogP contribution in [0.5, 0.6) is 0 Å². The van der Waals surface area contributed by atoms with Crippen molar-refractivity contribution in [1.29, 1.82) is 0 Å². The van der Waals surface area contributed by atoms with Gasteiger partial charge in [0.2, 0.25) is 0 Å². The Bertz CT molecular complexity index is 1520. The van der Waals surface area contributed by atoms with E-state index >= 15 is 0 Å². The van der Waals surface area contributed by atoms with Crippen LogP contribution in [-0.4, -0.2) is 44.6 Å². The van der Waals surface area contributed by atoms with Gasteiger partial charge >= 0.3 is 0 Å². The van der Waals surface area contributed by atoms with Gasteiger partial charge in [-0.05, 0) is 57.0 Å². The molecule has 192 valence electrons. The molecule has 9 nitrogen and oxygen atoms in total. The number of carbonyl (C=O) groups is 1. The average molecular weight is 508 g/mol. The predicted octanol–water partition coefficient (Wildman–Crippen LogP) is 3.62. The fourth-order valence-electron chi connectivity index (χ4n) is 4.50. The van der Waals surface area contributed by atoms with Gasteiger partial charge < -0.3 is 16.0 Å². The van der Waals surface area contributed by atoms with E-state index < -0.39 is 28.8 Å². The normalized spacial score (nSPS) is 14.5. The molecule has 3 heterocycles. The zero-order chi connectivity index (χ0) is 26.3. The van der Waals surface area contributed by atoms with Crippen LogP contribution >= 0.6 is 0 Å². The number of rotatable bonds is 5. The molecule has 5 rings (SSSR count). The molecule has 0 unspecified atom stereocenters. The molecule has 3 N–H and O–H groups in total. The standard InChI is InChI=1S/C26H27F2N7O2/c1-15(2)34-14-17-20(31-34)6-7-21(24(17)33-12-10-16(29)11-13-33)30-26(37)22-8-9-23(36)35(32-22)25-18(27)4-3-5-19(25)28/h3-9,14-16H,10-13,29H2,1-2H3,(H,30,37). The number of hydrogen-bond donors (Lipinski definition) is 2. The molecule has 2 aromatic carbocycles. The second kappa shape index (κ2) is 9.74. The zero-order valence-corrected chi connectivity index (χ0v) is 20.5. The lowest BCUT2D eigenvalue weighted by molar-refractivity contribution is 0.102. The molecule has 0 aliphatic carbocycles. The van der Waals surface area contributed by atoms with Crippen molar-refractivity contribution in [3.63, 3.8) is 0 Å². The van der Waals surface area contributed by atoms with Gasteiger partial charge in [0.15, 0.2) is 11.6 Å². The van der Waals surface area contributed by atoms with Gasteiger partial charge in [0, 0.05) is 42.8 Å². The second-order valence-corrected chi connectivity index (χ2v) is 9.41. The summed E-state index contributed by atoms with van der Waals surface area (Å²) in [5.41, 5.74) is 6.67. The topological polar surface area (TPSA) is 111 Å². The van der Waals surface area contributed by atoms with E-state index in [4.69, 9.17) is 5.73 Å². The van der Waals surface area contributed by atoms with Crippen molar-refractivity contribution in [2.24, 2.45) is 5.73 Å². The summed E-state index contributed by atoms with van der Waals surface area (Å²) in [5.74, 6) is -2.56. The number of para-hydroxylation sites is 1. The van der Waals surface area contributed by atoms with Gasteiger partial charge in [-0.2, -0.15) is 14.9 Å². The quantitative estimate of drug-likeness (QED) is 0.427. The van der Waals surface area contributed by atoms with Crippen LogP contribution in [0.25, 0.3) is 16.6 Å². The summed E-state index contributed by atoms with van der Waals surface area (Å²) >= 11 is 0. The summed E-state index contributed by atoms with van der Waals surface area (Å²) in [6.45, 7) is 5.50. The fraction of sp³-hybridized carbons (Fsp3) is 0.308. The largest absolute Gasteiger partial charge is 0.369 e. The minimum atomic E-state index is -0.967. The molecule has 1 amide bonds. The van der Waals surface area contributed by atoms with E-state index in [0.29, 0.717) is 23.5 Å². The van der Waals surface area contributed by atoms with Crippen LogP contribution in [0.1, 0.15) is 43.2 Å². The molecule has 0 bridgehead atoms. The van der Waals surface area contributed by atoms with E-state index in [-0.39, 0.29) is 17.8 Å². The van der Waals surface area contributed by atoms with Gasteiger partial charge in [-0.15, -0.1) is 0 Å². The van der Waals surface area contributed by atoms with Gasteiger partial charge in [0.05, 0.1) is 16.9 Å². The molecular formula is C26H27F2N7O2. The Kier molecular flexibility index (Phi) is 6.46. The lowest BCUT2D eigenvalue weighted by atomic mass is 10.0. The summed E-state index contributed by atoms with van der Waals surface area (Å²) in [7, 11) is 0. The maximum atomic E-state index is 14.3. The Morgan fingerprint density at radius 2 is 1.73 bits per heavy atom. The van der Waals surface area contributed by atoms with Gasteiger partial charge in [-0.1, -0.05) is 6.07 Å². The smallest absolute Gasteiger partial charge is 0.276 e. The minimum Gasteiger partial charge on any atom is -0.369 e. The minimum absolute atomic E-state index is 0.121. The molecule has 4 aromatic rings. The van der Waals surface area contributed by atoms with E-state index in [1.807, 2.05) is 30.8 Å². The van der Waals surface area contributed by atoms with Gasteiger partial charge in [-0.3, -0.25) is 14.3 Å². The number of aromatic nitrogens is 4. The van der Waals surface area contributed by atoms with Gasteiger partial charge in [0.25, 0.3) is 11.5 Å². The highest BCUT2D eigenvalue weighted by atomic mass is 19.1. The van der Waals surface area contributed by atoms with Crippen molar-refractivity contribution in [2.75, 3.05) is 23.3 Å². The van der Waals surface area contributed by atoms with Gasteiger partial charge in [0.1, 0.15) is 11.4 Å². The van der Waals surface area contributed by atoms with Crippen molar-refractivity contribution in [2.45, 2.75) is 38.8 Å². The molecule has 0 radical (unpaired) electrons. The number of nitrogens with zero attached hydrogens (tertiary/aromatic N) is 5. The van der Waals surface area contributed by atoms with E-state index in [1.165, 1.54) is 12.1 Å². The number of carbonyl (C=O) groups excluding carboxylic acids is 1. The van der Waals surface area contributed by atoms with Crippen LogP contribution < -0.4 is 21.5 Å². The third-order valence-corrected chi connectivity index (χ3v) is 6.49. The highest BCUT2D eigenvalue weighted by Gasteiger charge is 2.24. The highest BCUT2D eigenvalue weighted by Crippen LogP contribution is 2.36. The molecule has 37 heavy (non-hydrogen) atoms. The Morgan fingerprint density at radius 3 is 2.41 bits per heavy atom. The van der Waals surface area contributed by atoms with Crippen LogP contribution in [0.3, 0.4) is 0 Å². The number of nitrogens with two attached hydrogens (primary N) is 1. The van der Waals surface area contributed by atoms with Gasteiger partial charge in [-0.25, -0.2) is 8.78 Å². The summed E-state index contributed by atoms with van der Waals surface area (Å²) in [6.07, 6.45) is 3.57. The number of benzene rings is 2. The molecule has 0 saturated carbocycles. The van der Waals surface area contributed by atoms with Crippen LogP contribution in [0.2, 0.25) is 0 Å². The Morgan fingerprint density at radius 1 is 1.03 bits per heavy atom. The number of amides is 1. The summed E-state index contributed by atoms with van der Waals surface area (Å²) < 4.78 is 31.1. The first-order valence-corrected chi connectivity index (χ1v) is 12.1. The summed E-state index contributed by atoms with van der Waals surface area (Å²) in [5, 5.41) is 12.4. The maximum Gasteiger partial charge on any atom is 0.276 e. The number of halogens is 2. The molecule has 1 aliphatic rings. The summed E-state index contributed by atoms with van der Waals surface area (Å²) in [4.78, 5) is 27.8. The van der Waals surface area contributed by atoms with Crippen LogP contribution in [0.15, 0.2) is 53.5 Å². The second-order valence-electron chi connectivity index (χ2n) is 9.41. The molecule has 2 aromatic heterocycles. The number of nitrogens with one attached hydrogen (secondary N) is 1. The molecule has 0 atom stereocenters. The first kappa shape index (κ1) is 24.6. The van der Waals surface area contributed by atoms with E-state index in [0.717, 1.165) is 47.6 Å². The van der Waals surface area contributed by atoms with Crippen molar-refractivity contribution < 1.29 is 13.6 Å². The van der Waals surface area contributed by atoms with E-state index in [1.54, 1.807) is 6.07 Å². The third-order valence-electron chi connectivity index (χ3n) is 6.49. The average Bonchev–Trinajstić information content (AvgIpc) is 3.30. The maximum absolute atomic E-state index is 14.3. The van der Waals surface area contributed by atoms with E-state index in [9.17, 15) is 18.4 Å². The molecule has 1 aliphatic heterocycles. The van der Waals surface area contributed by atoms with Crippen LogP contribution in [-0.2, 0) is 0 Å². The van der Waals surface area contributed by atoms with E-state index in [2.05, 4.69) is 20.4 Å². The number of hydrogen-bond acceptors (Lipinski definition) is 6. The van der Waals surface area contributed by atoms with Crippen LogP contribution in [0, 0.1) is 11.6 Å². The van der Waals surface area contributed by atoms with Crippen molar-refractivity contribution >= 4 is 28.2 Å². The predicted molar refractivity (Wildman–Crippen MR) is 137 cm³/mol. The Labute approximate surface area is 211 Å². The lowest BCUT2D eigenvalue weighted by Crippen LogP contribution is -2.40. The number of anilines is 2. The summed E-state index contributed by atoms with van der Waals surface area (Å²) in [6, 6.07) is 9.36. The molecular weight excluding hydrogens is 480 g/mol. The first-order chi connectivity index (χ1) is 17.7. The van der Waals surface area contributed by atoms with Crippen molar-refractivity contribution in [1.82, 2.24) is 19.6 Å². The number of piperidine rings is 1. The molecule has 1 saturated heterocycles.